The predicted octanol–water partition coefficient (Wildman–Crippen LogP) is 8.33. The van der Waals surface area contributed by atoms with Crippen molar-refractivity contribution in [2.45, 2.75) is 52.6 Å². The molecular formula is C26H24Cl2F6N4. The SMILES string of the molecule is Cc1cc(C)c(-n2c(Cl)cn3c(CN(CCC(F)(F)F)Cc4ccc(Cl)cc4)c(C(F)(F)F)nc23)c(C)c1. The summed E-state index contributed by atoms with van der Waals surface area (Å²) in [5.74, 6) is -0.0744. The topological polar surface area (TPSA) is 25.5 Å². The zero-order chi connectivity index (χ0) is 28.0. The molecule has 0 fully saturated rings. The third-order valence-electron chi connectivity index (χ3n) is 6.17. The van der Waals surface area contributed by atoms with Crippen molar-refractivity contribution >= 4 is 29.0 Å². The van der Waals surface area contributed by atoms with Gasteiger partial charge in [-0.2, -0.15) is 26.3 Å². The van der Waals surface area contributed by atoms with Gasteiger partial charge in [0.15, 0.2) is 5.69 Å². The predicted molar refractivity (Wildman–Crippen MR) is 135 cm³/mol. The van der Waals surface area contributed by atoms with E-state index in [1.54, 1.807) is 24.3 Å². The Labute approximate surface area is 225 Å². The zero-order valence-electron chi connectivity index (χ0n) is 20.7. The number of aryl methyl sites for hydroxylation is 3. The van der Waals surface area contributed by atoms with E-state index in [0.29, 0.717) is 16.3 Å². The Kier molecular flexibility index (Phi) is 7.80. The van der Waals surface area contributed by atoms with Crippen molar-refractivity contribution in [1.82, 2.24) is 18.9 Å². The van der Waals surface area contributed by atoms with Crippen molar-refractivity contribution in [2.75, 3.05) is 6.54 Å². The van der Waals surface area contributed by atoms with Gasteiger partial charge in [-0.05, 0) is 49.6 Å². The first-order chi connectivity index (χ1) is 17.6. The number of fused-ring (bicyclic) bond motifs is 1. The first-order valence-corrected chi connectivity index (χ1v) is 12.4. The van der Waals surface area contributed by atoms with E-state index < -0.39 is 37.6 Å². The van der Waals surface area contributed by atoms with Crippen molar-refractivity contribution in [3.05, 3.63) is 86.4 Å². The average molecular weight is 577 g/mol. The summed E-state index contributed by atoms with van der Waals surface area (Å²) in [6.07, 6.45) is -9.19. The van der Waals surface area contributed by atoms with E-state index in [1.807, 2.05) is 32.9 Å². The van der Waals surface area contributed by atoms with Crippen LogP contribution in [0.1, 0.15) is 40.1 Å². The summed E-state index contributed by atoms with van der Waals surface area (Å²) in [4.78, 5) is 5.23. The van der Waals surface area contributed by atoms with Gasteiger partial charge in [0.05, 0.1) is 17.8 Å². The summed E-state index contributed by atoms with van der Waals surface area (Å²) in [6.45, 7) is 4.57. The van der Waals surface area contributed by atoms with Crippen LogP contribution < -0.4 is 0 Å². The van der Waals surface area contributed by atoms with E-state index in [-0.39, 0.29) is 23.2 Å². The van der Waals surface area contributed by atoms with Crippen molar-refractivity contribution < 1.29 is 26.3 Å². The molecule has 0 saturated carbocycles. The molecule has 2 aromatic carbocycles. The number of rotatable bonds is 7. The van der Waals surface area contributed by atoms with Crippen LogP contribution in [0.15, 0.2) is 42.6 Å². The first kappa shape index (κ1) is 28.3. The zero-order valence-corrected chi connectivity index (χ0v) is 22.2. The highest BCUT2D eigenvalue weighted by Crippen LogP contribution is 2.36. The van der Waals surface area contributed by atoms with Crippen LogP contribution in [0.3, 0.4) is 0 Å². The Bertz CT molecular complexity index is 1430. The van der Waals surface area contributed by atoms with E-state index in [4.69, 9.17) is 23.2 Å². The summed E-state index contributed by atoms with van der Waals surface area (Å²) >= 11 is 12.4. The van der Waals surface area contributed by atoms with Crippen molar-refractivity contribution in [2.24, 2.45) is 0 Å². The van der Waals surface area contributed by atoms with Gasteiger partial charge in [0.25, 0.3) is 0 Å². The molecule has 4 rings (SSSR count). The lowest BCUT2D eigenvalue weighted by Gasteiger charge is -2.23. The molecule has 4 nitrogen and oxygen atoms in total. The van der Waals surface area contributed by atoms with Crippen LogP contribution in [-0.2, 0) is 19.3 Å². The Hall–Kier alpha value is -2.69. The molecule has 0 N–H and O–H groups in total. The van der Waals surface area contributed by atoms with Crippen LogP contribution in [0.2, 0.25) is 10.2 Å². The molecule has 204 valence electrons. The van der Waals surface area contributed by atoms with Crippen molar-refractivity contribution in [3.8, 4) is 5.69 Å². The van der Waals surface area contributed by atoms with Gasteiger partial charge >= 0.3 is 12.4 Å². The summed E-state index contributed by atoms with van der Waals surface area (Å²) in [6, 6.07) is 10.2. The Balaban J connectivity index is 1.83. The maximum Gasteiger partial charge on any atom is 0.435 e. The number of alkyl halides is 6. The Morgan fingerprint density at radius 3 is 2.05 bits per heavy atom. The maximum atomic E-state index is 14.2. The summed E-state index contributed by atoms with van der Waals surface area (Å²) < 4.78 is 84.5. The molecule has 0 aliphatic rings. The lowest BCUT2D eigenvalue weighted by molar-refractivity contribution is -0.143. The molecule has 0 saturated heterocycles. The van der Waals surface area contributed by atoms with E-state index in [1.165, 1.54) is 20.1 Å². The van der Waals surface area contributed by atoms with Crippen LogP contribution in [0.25, 0.3) is 11.5 Å². The molecule has 4 aromatic rings. The van der Waals surface area contributed by atoms with Crippen LogP contribution in [-0.4, -0.2) is 31.6 Å². The molecule has 0 radical (unpaired) electrons. The molecule has 0 spiro atoms. The fourth-order valence-electron chi connectivity index (χ4n) is 4.68. The highest BCUT2D eigenvalue weighted by molar-refractivity contribution is 6.30. The van der Waals surface area contributed by atoms with Crippen molar-refractivity contribution in [1.29, 1.82) is 0 Å². The van der Waals surface area contributed by atoms with Crippen LogP contribution in [0, 0.1) is 20.8 Å². The molecule has 2 heterocycles. The van der Waals surface area contributed by atoms with Gasteiger partial charge in [-0.3, -0.25) is 13.9 Å². The van der Waals surface area contributed by atoms with Crippen LogP contribution >= 0.6 is 23.2 Å². The number of aromatic nitrogens is 3. The van der Waals surface area contributed by atoms with Crippen LogP contribution in [0.5, 0.6) is 0 Å². The molecule has 12 heteroatoms. The summed E-state index contributed by atoms with van der Waals surface area (Å²) in [7, 11) is 0. The molecule has 0 unspecified atom stereocenters. The van der Waals surface area contributed by atoms with Crippen molar-refractivity contribution in [3.63, 3.8) is 0 Å². The number of imidazole rings is 2. The minimum atomic E-state index is -4.84. The van der Waals surface area contributed by atoms with Gasteiger partial charge in [-0.25, -0.2) is 4.98 Å². The number of benzene rings is 2. The standard InChI is InChI=1S/C26H24Cl2F6N4/c1-15-10-16(2)22(17(3)11-15)38-21(28)14-37-20(23(26(32,33)34)35-24(37)38)13-36(9-8-25(29,30)31)12-18-4-6-19(27)7-5-18/h4-7,10-11,14H,8-9,12-13H2,1-3H3. The molecule has 0 atom stereocenters. The van der Waals surface area contributed by atoms with E-state index in [9.17, 15) is 26.3 Å². The molecule has 0 bridgehead atoms. The Morgan fingerprint density at radius 2 is 1.50 bits per heavy atom. The second-order valence-electron chi connectivity index (χ2n) is 9.31. The van der Waals surface area contributed by atoms with Gasteiger partial charge in [0.1, 0.15) is 5.15 Å². The lowest BCUT2D eigenvalue weighted by atomic mass is 10.1. The van der Waals surface area contributed by atoms with E-state index >= 15 is 0 Å². The molecule has 2 aromatic heterocycles. The number of halogens is 8. The second-order valence-corrected chi connectivity index (χ2v) is 10.1. The highest BCUT2D eigenvalue weighted by Gasteiger charge is 2.40. The normalized spacial score (nSPS) is 12.7. The third-order valence-corrected chi connectivity index (χ3v) is 6.69. The molecule has 0 aliphatic heterocycles. The fraction of sp³-hybridized carbons (Fsp3) is 0.346. The minimum absolute atomic E-state index is 0.0254. The van der Waals surface area contributed by atoms with E-state index in [0.717, 1.165) is 16.7 Å². The third kappa shape index (κ3) is 6.13. The lowest BCUT2D eigenvalue weighted by Crippen LogP contribution is -2.29. The number of hydrogen-bond donors (Lipinski definition) is 0. The fourth-order valence-corrected chi connectivity index (χ4v) is 5.06. The number of hydrogen-bond acceptors (Lipinski definition) is 2. The Morgan fingerprint density at radius 1 is 0.895 bits per heavy atom. The largest absolute Gasteiger partial charge is 0.435 e. The number of nitrogens with zero attached hydrogens (tertiary/aromatic N) is 4. The van der Waals surface area contributed by atoms with Gasteiger partial charge in [-0.1, -0.05) is 53.0 Å². The monoisotopic (exact) mass is 576 g/mol. The van der Waals surface area contributed by atoms with Gasteiger partial charge in [0, 0.05) is 30.9 Å². The van der Waals surface area contributed by atoms with E-state index in [2.05, 4.69) is 4.98 Å². The summed E-state index contributed by atoms with van der Waals surface area (Å²) in [5.41, 5.74) is 2.28. The molecule has 0 amide bonds. The second kappa shape index (κ2) is 10.5. The highest BCUT2D eigenvalue weighted by atomic mass is 35.5. The van der Waals surface area contributed by atoms with Gasteiger partial charge in [0.2, 0.25) is 5.78 Å². The maximum absolute atomic E-state index is 14.2. The first-order valence-electron chi connectivity index (χ1n) is 11.6. The van der Waals surface area contributed by atoms with Crippen LogP contribution in [0.4, 0.5) is 26.3 Å². The average Bonchev–Trinajstić information content (AvgIpc) is 3.28. The molecular weight excluding hydrogens is 553 g/mol. The van der Waals surface area contributed by atoms with Gasteiger partial charge < -0.3 is 0 Å². The quantitative estimate of drug-likeness (QED) is 0.207. The smallest absolute Gasteiger partial charge is 0.293 e. The molecule has 38 heavy (non-hydrogen) atoms. The summed E-state index contributed by atoms with van der Waals surface area (Å²) in [5, 5.41) is 0.558. The minimum Gasteiger partial charge on any atom is -0.293 e. The molecule has 0 aliphatic carbocycles. The van der Waals surface area contributed by atoms with Gasteiger partial charge in [-0.15, -0.1) is 0 Å².